The van der Waals surface area contributed by atoms with Crippen molar-refractivity contribution < 1.29 is 23.8 Å². The number of hydrogen-bond acceptors (Lipinski definition) is 6. The fourth-order valence-corrected chi connectivity index (χ4v) is 3.01. The Bertz CT molecular complexity index is 1160. The number of amides is 1. The maximum Gasteiger partial charge on any atom is 0.343 e. The first-order chi connectivity index (χ1) is 15.4. The van der Waals surface area contributed by atoms with Crippen molar-refractivity contribution in [3.8, 4) is 17.2 Å². The summed E-state index contributed by atoms with van der Waals surface area (Å²) >= 11 is 6.24. The molecule has 0 aliphatic carbocycles. The van der Waals surface area contributed by atoms with Crippen molar-refractivity contribution in [2.45, 2.75) is 6.92 Å². The van der Waals surface area contributed by atoms with Gasteiger partial charge in [0.25, 0.3) is 5.91 Å². The molecule has 0 radical (unpaired) electrons. The number of hydrazone groups is 1. The Morgan fingerprint density at radius 2 is 1.69 bits per heavy atom. The summed E-state index contributed by atoms with van der Waals surface area (Å²) in [5.74, 6) is 0.350. The van der Waals surface area contributed by atoms with Gasteiger partial charge in [-0.2, -0.15) is 5.10 Å². The van der Waals surface area contributed by atoms with Gasteiger partial charge in [-0.3, -0.25) is 4.79 Å². The molecular formula is C24H21ClN2O5. The van der Waals surface area contributed by atoms with Crippen LogP contribution in [0.2, 0.25) is 5.02 Å². The molecule has 0 bridgehead atoms. The van der Waals surface area contributed by atoms with Crippen LogP contribution in [0.25, 0.3) is 0 Å². The predicted molar refractivity (Wildman–Crippen MR) is 122 cm³/mol. The highest BCUT2D eigenvalue weighted by molar-refractivity contribution is 6.32. The van der Waals surface area contributed by atoms with Crippen LogP contribution in [-0.2, 0) is 0 Å². The summed E-state index contributed by atoms with van der Waals surface area (Å²) in [5.41, 5.74) is 4.77. The maximum atomic E-state index is 12.3. The van der Waals surface area contributed by atoms with Crippen LogP contribution in [0.15, 0.2) is 65.8 Å². The molecular weight excluding hydrogens is 432 g/mol. The van der Waals surface area contributed by atoms with E-state index in [1.807, 2.05) is 13.0 Å². The lowest BCUT2D eigenvalue weighted by molar-refractivity contribution is 0.0734. The minimum absolute atomic E-state index is 0.207. The first-order valence-corrected chi connectivity index (χ1v) is 9.93. The Morgan fingerprint density at radius 3 is 2.34 bits per heavy atom. The monoisotopic (exact) mass is 452 g/mol. The minimum atomic E-state index is -0.546. The highest BCUT2D eigenvalue weighted by atomic mass is 35.5. The van der Waals surface area contributed by atoms with E-state index in [2.05, 4.69) is 10.5 Å². The number of nitrogens with zero attached hydrogens (tertiary/aromatic N) is 1. The number of esters is 1. The molecule has 1 amide bonds. The third-order valence-corrected chi connectivity index (χ3v) is 4.76. The lowest BCUT2D eigenvalue weighted by atomic mass is 10.1. The quantitative estimate of drug-likeness (QED) is 0.244. The normalized spacial score (nSPS) is 10.6. The number of benzene rings is 3. The molecule has 0 aliphatic heterocycles. The predicted octanol–water partition coefficient (Wildman–Crippen LogP) is 4.65. The Morgan fingerprint density at radius 1 is 0.938 bits per heavy atom. The van der Waals surface area contributed by atoms with Gasteiger partial charge in [-0.25, -0.2) is 10.2 Å². The molecule has 0 spiro atoms. The number of carbonyl (C=O) groups excluding carboxylic acids is 2. The second-order valence-electron chi connectivity index (χ2n) is 6.71. The summed E-state index contributed by atoms with van der Waals surface area (Å²) in [6.45, 7) is 1.91. The van der Waals surface area contributed by atoms with Gasteiger partial charge in [0.15, 0.2) is 0 Å². The van der Waals surface area contributed by atoms with Crippen LogP contribution in [-0.4, -0.2) is 32.3 Å². The van der Waals surface area contributed by atoms with Gasteiger partial charge in [0, 0.05) is 0 Å². The number of rotatable bonds is 7. The van der Waals surface area contributed by atoms with Gasteiger partial charge in [0.05, 0.1) is 36.6 Å². The number of carbonyl (C=O) groups is 2. The maximum absolute atomic E-state index is 12.3. The highest BCUT2D eigenvalue weighted by Gasteiger charge is 2.13. The van der Waals surface area contributed by atoms with E-state index >= 15 is 0 Å². The van der Waals surface area contributed by atoms with Crippen LogP contribution in [0, 0.1) is 6.92 Å². The molecule has 1 N–H and O–H groups in total. The van der Waals surface area contributed by atoms with Gasteiger partial charge in [0.1, 0.15) is 17.2 Å². The highest BCUT2D eigenvalue weighted by Crippen LogP contribution is 2.26. The summed E-state index contributed by atoms with van der Waals surface area (Å²) in [5, 5.41) is 4.18. The molecule has 0 saturated heterocycles. The Kier molecular flexibility index (Phi) is 7.46. The zero-order chi connectivity index (χ0) is 23.1. The van der Waals surface area contributed by atoms with E-state index in [0.29, 0.717) is 28.2 Å². The molecule has 0 fully saturated rings. The number of methoxy groups -OCH3 is 2. The smallest absolute Gasteiger partial charge is 0.343 e. The summed E-state index contributed by atoms with van der Waals surface area (Å²) < 4.78 is 15.7. The van der Waals surface area contributed by atoms with Crippen LogP contribution in [0.1, 0.15) is 31.8 Å². The van der Waals surface area contributed by atoms with Gasteiger partial charge in [-0.1, -0.05) is 17.7 Å². The van der Waals surface area contributed by atoms with Crippen LogP contribution < -0.4 is 19.6 Å². The average Bonchev–Trinajstić information content (AvgIpc) is 2.80. The number of aryl methyl sites for hydroxylation is 1. The van der Waals surface area contributed by atoms with Crippen molar-refractivity contribution in [1.29, 1.82) is 0 Å². The summed E-state index contributed by atoms with van der Waals surface area (Å²) in [4.78, 5) is 24.6. The van der Waals surface area contributed by atoms with Gasteiger partial charge in [0.2, 0.25) is 0 Å². The fourth-order valence-electron chi connectivity index (χ4n) is 2.78. The molecule has 3 aromatic carbocycles. The molecule has 32 heavy (non-hydrogen) atoms. The van der Waals surface area contributed by atoms with E-state index in [0.717, 1.165) is 5.56 Å². The fraction of sp³-hybridized carbons (Fsp3) is 0.125. The first-order valence-electron chi connectivity index (χ1n) is 9.55. The van der Waals surface area contributed by atoms with Crippen LogP contribution in [0.5, 0.6) is 17.2 Å². The first kappa shape index (κ1) is 22.8. The van der Waals surface area contributed by atoms with Gasteiger partial charge < -0.3 is 14.2 Å². The molecule has 0 atom stereocenters. The third-order valence-electron chi connectivity index (χ3n) is 4.47. The summed E-state index contributed by atoms with van der Waals surface area (Å²) in [6.07, 6.45) is 1.43. The number of nitrogens with one attached hydrogen (secondary N) is 1. The standard InChI is InChI=1S/C24H21ClN2O5/c1-15-4-10-19(22(12-15)31-3)23(28)27-26-14-16-5-11-21(20(25)13-16)32-24(29)17-6-8-18(30-2)9-7-17/h4-14H,1-3H3,(H,27,28)/b26-14+. The van der Waals surface area contributed by atoms with Crippen LogP contribution in [0.3, 0.4) is 0 Å². The summed E-state index contributed by atoms with van der Waals surface area (Å²) in [7, 11) is 3.04. The summed E-state index contributed by atoms with van der Waals surface area (Å²) in [6, 6.07) is 16.6. The van der Waals surface area contributed by atoms with E-state index in [4.69, 9.17) is 25.8 Å². The molecule has 0 saturated carbocycles. The van der Waals surface area contributed by atoms with Crippen LogP contribution >= 0.6 is 11.6 Å². The molecule has 0 unspecified atom stereocenters. The average molecular weight is 453 g/mol. The minimum Gasteiger partial charge on any atom is -0.497 e. The van der Waals surface area contributed by atoms with E-state index in [1.54, 1.807) is 61.7 Å². The lowest BCUT2D eigenvalue weighted by Crippen LogP contribution is -2.18. The van der Waals surface area contributed by atoms with Gasteiger partial charge in [-0.05, 0) is 72.6 Å². The number of halogens is 1. The van der Waals surface area contributed by atoms with E-state index in [9.17, 15) is 9.59 Å². The zero-order valence-corrected chi connectivity index (χ0v) is 18.5. The van der Waals surface area contributed by atoms with E-state index in [-0.39, 0.29) is 10.8 Å². The van der Waals surface area contributed by atoms with E-state index < -0.39 is 11.9 Å². The topological polar surface area (TPSA) is 86.2 Å². The molecule has 3 aromatic rings. The van der Waals surface area contributed by atoms with Gasteiger partial charge in [-0.15, -0.1) is 0 Å². The molecule has 164 valence electrons. The molecule has 0 heterocycles. The van der Waals surface area contributed by atoms with Crippen molar-refractivity contribution in [3.05, 3.63) is 87.9 Å². The molecule has 0 aliphatic rings. The van der Waals surface area contributed by atoms with Crippen molar-refractivity contribution in [1.82, 2.24) is 5.43 Å². The molecule has 3 rings (SSSR count). The second kappa shape index (κ2) is 10.5. The molecule has 0 aromatic heterocycles. The van der Waals surface area contributed by atoms with Crippen LogP contribution in [0.4, 0.5) is 0 Å². The van der Waals surface area contributed by atoms with Crippen molar-refractivity contribution in [2.24, 2.45) is 5.10 Å². The number of ether oxygens (including phenoxy) is 3. The van der Waals surface area contributed by atoms with Crippen molar-refractivity contribution in [3.63, 3.8) is 0 Å². The Labute approximate surface area is 190 Å². The third kappa shape index (κ3) is 5.65. The SMILES string of the molecule is COc1ccc(C(=O)Oc2ccc(/C=N/NC(=O)c3ccc(C)cc3OC)cc2Cl)cc1. The second-order valence-corrected chi connectivity index (χ2v) is 7.12. The molecule has 8 heteroatoms. The Balaban J connectivity index is 1.64. The molecule has 7 nitrogen and oxygen atoms in total. The van der Waals surface area contributed by atoms with Gasteiger partial charge >= 0.3 is 5.97 Å². The largest absolute Gasteiger partial charge is 0.497 e. The van der Waals surface area contributed by atoms with Crippen molar-refractivity contribution in [2.75, 3.05) is 14.2 Å². The number of hydrogen-bond donors (Lipinski definition) is 1. The zero-order valence-electron chi connectivity index (χ0n) is 17.7. The van der Waals surface area contributed by atoms with Crippen molar-refractivity contribution >= 4 is 29.7 Å². The Hall–Kier alpha value is -3.84. The lowest BCUT2D eigenvalue weighted by Gasteiger charge is -2.08. The van der Waals surface area contributed by atoms with E-state index in [1.165, 1.54) is 13.3 Å².